The fraction of sp³-hybridized carbons (Fsp3) is 0.500. The SMILES string of the molecule is O=C(CCc1c[nH]c2ccccc12)NCC1(C2CC2)CC1. The minimum absolute atomic E-state index is 0.201. The van der Waals surface area contributed by atoms with Crippen LogP contribution in [0.15, 0.2) is 30.5 Å². The van der Waals surface area contributed by atoms with E-state index in [1.807, 2.05) is 18.3 Å². The molecule has 2 saturated carbocycles. The molecule has 1 amide bonds. The second kappa shape index (κ2) is 4.90. The van der Waals surface area contributed by atoms with Crippen molar-refractivity contribution in [3.05, 3.63) is 36.0 Å². The number of hydrogen-bond donors (Lipinski definition) is 2. The van der Waals surface area contributed by atoms with Crippen molar-refractivity contribution in [3.8, 4) is 0 Å². The van der Waals surface area contributed by atoms with E-state index in [4.69, 9.17) is 0 Å². The maximum Gasteiger partial charge on any atom is 0.220 e. The third-order valence-corrected chi connectivity index (χ3v) is 5.27. The maximum atomic E-state index is 12.1. The number of carbonyl (C=O) groups excluding carboxylic acids is 1. The first kappa shape index (κ1) is 12.9. The molecule has 0 saturated heterocycles. The first-order chi connectivity index (χ1) is 10.3. The highest BCUT2D eigenvalue weighted by atomic mass is 16.1. The summed E-state index contributed by atoms with van der Waals surface area (Å²) in [7, 11) is 0. The third kappa shape index (κ3) is 2.57. The van der Waals surface area contributed by atoms with Gasteiger partial charge in [-0.2, -0.15) is 0 Å². The third-order valence-electron chi connectivity index (χ3n) is 5.27. The van der Waals surface area contributed by atoms with Crippen LogP contribution in [-0.2, 0) is 11.2 Å². The molecule has 21 heavy (non-hydrogen) atoms. The zero-order valence-corrected chi connectivity index (χ0v) is 12.3. The van der Waals surface area contributed by atoms with Gasteiger partial charge in [0.05, 0.1) is 0 Å². The van der Waals surface area contributed by atoms with E-state index in [0.717, 1.165) is 24.4 Å². The fourth-order valence-electron chi connectivity index (χ4n) is 3.54. The number of amides is 1. The molecule has 3 heteroatoms. The number of hydrogen-bond acceptors (Lipinski definition) is 1. The van der Waals surface area contributed by atoms with Crippen molar-refractivity contribution in [2.75, 3.05) is 6.54 Å². The first-order valence-corrected chi connectivity index (χ1v) is 8.09. The van der Waals surface area contributed by atoms with E-state index in [9.17, 15) is 4.79 Å². The average molecular weight is 282 g/mol. The van der Waals surface area contributed by atoms with E-state index < -0.39 is 0 Å². The Bertz CT molecular complexity index is 665. The van der Waals surface area contributed by atoms with Gasteiger partial charge in [0.15, 0.2) is 0 Å². The van der Waals surface area contributed by atoms with Crippen LogP contribution in [0.3, 0.4) is 0 Å². The van der Waals surface area contributed by atoms with Crippen LogP contribution in [0.2, 0.25) is 0 Å². The van der Waals surface area contributed by atoms with Gasteiger partial charge >= 0.3 is 0 Å². The number of para-hydroxylation sites is 1. The lowest BCUT2D eigenvalue weighted by Crippen LogP contribution is -2.31. The van der Waals surface area contributed by atoms with Gasteiger partial charge in [0.1, 0.15) is 0 Å². The van der Waals surface area contributed by atoms with Crippen molar-refractivity contribution in [1.82, 2.24) is 10.3 Å². The topological polar surface area (TPSA) is 44.9 Å². The smallest absolute Gasteiger partial charge is 0.220 e. The van der Waals surface area contributed by atoms with Crippen LogP contribution in [0, 0.1) is 11.3 Å². The lowest BCUT2D eigenvalue weighted by atomic mass is 10.0. The van der Waals surface area contributed by atoms with Crippen LogP contribution in [0.5, 0.6) is 0 Å². The normalized spacial score (nSPS) is 19.6. The quantitative estimate of drug-likeness (QED) is 0.838. The number of fused-ring (bicyclic) bond motifs is 1. The number of carbonyl (C=O) groups is 1. The monoisotopic (exact) mass is 282 g/mol. The Morgan fingerprint density at radius 3 is 2.86 bits per heavy atom. The summed E-state index contributed by atoms with van der Waals surface area (Å²) in [6, 6.07) is 8.27. The Morgan fingerprint density at radius 2 is 2.10 bits per heavy atom. The van der Waals surface area contributed by atoms with E-state index in [2.05, 4.69) is 22.4 Å². The van der Waals surface area contributed by atoms with Crippen molar-refractivity contribution in [2.24, 2.45) is 11.3 Å². The molecular weight excluding hydrogens is 260 g/mol. The molecule has 0 radical (unpaired) electrons. The molecule has 0 spiro atoms. The Kier molecular flexibility index (Phi) is 3.02. The number of benzene rings is 1. The van der Waals surface area contributed by atoms with Crippen molar-refractivity contribution >= 4 is 16.8 Å². The molecule has 2 aliphatic carbocycles. The summed E-state index contributed by atoms with van der Waals surface area (Å²) in [6.45, 7) is 0.907. The highest BCUT2D eigenvalue weighted by Crippen LogP contribution is 2.60. The molecule has 2 fully saturated rings. The number of aromatic amines is 1. The lowest BCUT2D eigenvalue weighted by Gasteiger charge is -2.14. The molecule has 0 bridgehead atoms. The summed E-state index contributed by atoms with van der Waals surface area (Å²) in [4.78, 5) is 15.3. The highest BCUT2D eigenvalue weighted by molar-refractivity contribution is 5.84. The van der Waals surface area contributed by atoms with E-state index in [1.165, 1.54) is 36.6 Å². The molecule has 110 valence electrons. The number of H-pyrrole nitrogens is 1. The fourth-order valence-corrected chi connectivity index (χ4v) is 3.54. The maximum absolute atomic E-state index is 12.1. The summed E-state index contributed by atoms with van der Waals surface area (Å²) in [5.41, 5.74) is 2.89. The molecule has 3 nitrogen and oxygen atoms in total. The molecule has 2 N–H and O–H groups in total. The van der Waals surface area contributed by atoms with E-state index in [-0.39, 0.29) is 5.91 Å². The average Bonchev–Trinajstić information content (AvgIpc) is 3.40. The molecule has 4 rings (SSSR count). The second-order valence-electron chi connectivity index (χ2n) is 6.77. The van der Waals surface area contributed by atoms with Crippen molar-refractivity contribution in [1.29, 1.82) is 0 Å². The van der Waals surface area contributed by atoms with Crippen LogP contribution in [0.1, 0.15) is 37.7 Å². The van der Waals surface area contributed by atoms with Crippen LogP contribution >= 0.6 is 0 Å². The lowest BCUT2D eigenvalue weighted by molar-refractivity contribution is -0.121. The van der Waals surface area contributed by atoms with Gasteiger partial charge in [0.2, 0.25) is 5.91 Å². The molecule has 2 aliphatic rings. The summed E-state index contributed by atoms with van der Waals surface area (Å²) >= 11 is 0. The minimum Gasteiger partial charge on any atom is -0.361 e. The molecule has 1 heterocycles. The van der Waals surface area contributed by atoms with Gasteiger partial charge in [0, 0.05) is 30.1 Å². The van der Waals surface area contributed by atoms with E-state index >= 15 is 0 Å². The number of rotatable bonds is 6. The molecule has 0 aliphatic heterocycles. The van der Waals surface area contributed by atoms with Gasteiger partial charge in [-0.05, 0) is 55.1 Å². The predicted octanol–water partition coefficient (Wildman–Crippen LogP) is 3.41. The van der Waals surface area contributed by atoms with Crippen LogP contribution in [-0.4, -0.2) is 17.4 Å². The second-order valence-corrected chi connectivity index (χ2v) is 6.77. The molecular formula is C18H22N2O. The van der Waals surface area contributed by atoms with Gasteiger partial charge in [0.25, 0.3) is 0 Å². The summed E-state index contributed by atoms with van der Waals surface area (Å²) in [6.07, 6.45) is 8.83. The molecule has 1 aromatic carbocycles. The van der Waals surface area contributed by atoms with Crippen LogP contribution in [0.4, 0.5) is 0 Å². The van der Waals surface area contributed by atoms with Crippen molar-refractivity contribution in [2.45, 2.75) is 38.5 Å². The van der Waals surface area contributed by atoms with Gasteiger partial charge < -0.3 is 10.3 Å². The standard InChI is InChI=1S/C18H22N2O/c21-17(20-12-18(9-10-18)14-6-7-14)8-5-13-11-19-16-4-2-1-3-15(13)16/h1-4,11,14,19H,5-10,12H2,(H,20,21). The largest absolute Gasteiger partial charge is 0.361 e. The molecule has 1 aromatic heterocycles. The number of aromatic nitrogens is 1. The first-order valence-electron chi connectivity index (χ1n) is 8.09. The molecule has 0 atom stereocenters. The zero-order chi connectivity index (χ0) is 14.3. The van der Waals surface area contributed by atoms with Gasteiger partial charge in [-0.1, -0.05) is 18.2 Å². The van der Waals surface area contributed by atoms with Gasteiger partial charge in [-0.3, -0.25) is 4.79 Å². The van der Waals surface area contributed by atoms with Crippen LogP contribution < -0.4 is 5.32 Å². The Labute approximate surface area is 125 Å². The molecule has 0 unspecified atom stereocenters. The zero-order valence-electron chi connectivity index (χ0n) is 12.3. The Hall–Kier alpha value is -1.77. The molecule has 2 aromatic rings. The highest BCUT2D eigenvalue weighted by Gasteiger charge is 2.53. The predicted molar refractivity (Wildman–Crippen MR) is 84.0 cm³/mol. The Balaban J connectivity index is 1.31. The number of nitrogens with one attached hydrogen (secondary N) is 2. The van der Waals surface area contributed by atoms with Crippen molar-refractivity contribution < 1.29 is 4.79 Å². The van der Waals surface area contributed by atoms with Crippen LogP contribution in [0.25, 0.3) is 10.9 Å². The van der Waals surface area contributed by atoms with Gasteiger partial charge in [-0.25, -0.2) is 0 Å². The van der Waals surface area contributed by atoms with Gasteiger partial charge in [-0.15, -0.1) is 0 Å². The number of aryl methyl sites for hydroxylation is 1. The Morgan fingerprint density at radius 1 is 1.29 bits per heavy atom. The summed E-state index contributed by atoms with van der Waals surface area (Å²) < 4.78 is 0. The van der Waals surface area contributed by atoms with E-state index in [1.54, 1.807) is 0 Å². The van der Waals surface area contributed by atoms with Crippen molar-refractivity contribution in [3.63, 3.8) is 0 Å². The minimum atomic E-state index is 0.201. The summed E-state index contributed by atoms with van der Waals surface area (Å²) in [5, 5.41) is 4.41. The van der Waals surface area contributed by atoms with E-state index in [0.29, 0.717) is 11.8 Å². The summed E-state index contributed by atoms with van der Waals surface area (Å²) in [5.74, 6) is 1.11.